The molecule has 0 saturated carbocycles. The van der Waals surface area contributed by atoms with Gasteiger partial charge in [0.25, 0.3) is 0 Å². The molecular weight excluding hydrogens is 737 g/mol. The Kier molecular flexibility index (Phi) is 44.5. The molecule has 0 spiro atoms. The fourth-order valence-electron chi connectivity index (χ4n) is 8.05. The second-order valence-corrected chi connectivity index (χ2v) is 17.7. The molecule has 350 valence electrons. The molecule has 1 N–H and O–H groups in total. The van der Waals surface area contributed by atoms with Gasteiger partial charge in [-0.3, -0.25) is 14.4 Å². The zero-order chi connectivity index (χ0) is 43.3. The number of methoxy groups -OCH3 is 1. The van der Waals surface area contributed by atoms with Crippen LogP contribution in [0.5, 0.6) is 0 Å². The SMILES string of the molecule is CCCCCCCCCC(CC)OC(=O)CCCCCCCN(CCCCCCCC(=O)OC(CCCCCCCC)CCCCCCCC)CCCNC(=O)COC. The number of carbonyl (C=O) groups is 3. The lowest BCUT2D eigenvalue weighted by molar-refractivity contribution is -0.150. The van der Waals surface area contributed by atoms with Crippen molar-refractivity contribution in [3.63, 3.8) is 0 Å². The largest absolute Gasteiger partial charge is 0.462 e. The summed E-state index contributed by atoms with van der Waals surface area (Å²) in [5.41, 5.74) is 0. The number of hydrogen-bond acceptors (Lipinski definition) is 7. The van der Waals surface area contributed by atoms with E-state index in [1.54, 1.807) is 7.11 Å². The van der Waals surface area contributed by atoms with Crippen molar-refractivity contribution >= 4 is 17.8 Å². The second kappa shape index (κ2) is 45.8. The standard InChI is InChI=1S/C51H100N2O6/c1-6-10-13-16-19-24-29-37-47(9-4)58-50(55)40-32-25-20-27-34-43-53(45-36-42-52-49(54)46-57-5)44-35-28-21-26-33-41-51(56)59-48(38-30-22-17-14-11-7-2)39-31-23-18-15-12-8-3/h47-48H,6-46H2,1-5H3,(H,52,54). The third-order valence-corrected chi connectivity index (χ3v) is 11.9. The zero-order valence-electron chi connectivity index (χ0n) is 40.0. The van der Waals surface area contributed by atoms with Gasteiger partial charge in [-0.25, -0.2) is 0 Å². The van der Waals surface area contributed by atoms with Gasteiger partial charge in [-0.05, 0) is 96.7 Å². The highest BCUT2D eigenvalue weighted by molar-refractivity contribution is 5.77. The van der Waals surface area contributed by atoms with Crippen molar-refractivity contribution in [1.29, 1.82) is 0 Å². The lowest BCUT2D eigenvalue weighted by Crippen LogP contribution is -2.32. The minimum atomic E-state index is -0.0590. The van der Waals surface area contributed by atoms with Crippen LogP contribution in [0.15, 0.2) is 0 Å². The van der Waals surface area contributed by atoms with Crippen LogP contribution in [0.1, 0.15) is 259 Å². The number of nitrogens with one attached hydrogen (secondary N) is 1. The van der Waals surface area contributed by atoms with Crippen molar-refractivity contribution in [3.05, 3.63) is 0 Å². The Labute approximate surface area is 366 Å². The smallest absolute Gasteiger partial charge is 0.306 e. The number of amides is 1. The fourth-order valence-corrected chi connectivity index (χ4v) is 8.05. The molecule has 0 aromatic heterocycles. The third-order valence-electron chi connectivity index (χ3n) is 11.9. The first-order valence-electron chi connectivity index (χ1n) is 25.8. The topological polar surface area (TPSA) is 94.2 Å². The molecule has 0 aliphatic heterocycles. The van der Waals surface area contributed by atoms with Crippen molar-refractivity contribution in [2.75, 3.05) is 39.9 Å². The molecule has 0 heterocycles. The maximum atomic E-state index is 12.8. The van der Waals surface area contributed by atoms with Crippen LogP contribution in [0, 0.1) is 0 Å². The summed E-state index contributed by atoms with van der Waals surface area (Å²) in [6.07, 6.45) is 41.4. The molecule has 0 radical (unpaired) electrons. The van der Waals surface area contributed by atoms with Gasteiger partial charge in [0.15, 0.2) is 0 Å². The molecule has 1 atom stereocenters. The van der Waals surface area contributed by atoms with Gasteiger partial charge < -0.3 is 24.4 Å². The number of ether oxygens (including phenoxy) is 3. The minimum Gasteiger partial charge on any atom is -0.462 e. The van der Waals surface area contributed by atoms with Gasteiger partial charge in [-0.2, -0.15) is 0 Å². The molecule has 0 bridgehead atoms. The van der Waals surface area contributed by atoms with Crippen LogP contribution in [-0.4, -0.2) is 74.8 Å². The zero-order valence-corrected chi connectivity index (χ0v) is 40.0. The number of unbranched alkanes of at least 4 members (excludes halogenated alkanes) is 24. The molecule has 0 fully saturated rings. The third kappa shape index (κ3) is 41.5. The predicted octanol–water partition coefficient (Wildman–Crippen LogP) is 14.0. The molecule has 1 unspecified atom stereocenters. The van der Waals surface area contributed by atoms with Crippen LogP contribution in [0.3, 0.4) is 0 Å². The first-order valence-corrected chi connectivity index (χ1v) is 25.8. The predicted molar refractivity (Wildman–Crippen MR) is 250 cm³/mol. The molecule has 0 aromatic carbocycles. The average molecular weight is 837 g/mol. The molecule has 0 aromatic rings. The second-order valence-electron chi connectivity index (χ2n) is 17.7. The van der Waals surface area contributed by atoms with Crippen molar-refractivity contribution in [3.8, 4) is 0 Å². The van der Waals surface area contributed by atoms with Crippen LogP contribution >= 0.6 is 0 Å². The van der Waals surface area contributed by atoms with E-state index in [4.69, 9.17) is 14.2 Å². The monoisotopic (exact) mass is 837 g/mol. The average Bonchev–Trinajstić information content (AvgIpc) is 3.22. The lowest BCUT2D eigenvalue weighted by atomic mass is 10.0. The highest BCUT2D eigenvalue weighted by atomic mass is 16.5. The van der Waals surface area contributed by atoms with E-state index < -0.39 is 0 Å². The van der Waals surface area contributed by atoms with Crippen LogP contribution < -0.4 is 5.32 Å². The number of hydrogen-bond donors (Lipinski definition) is 1. The fraction of sp³-hybridized carbons (Fsp3) is 0.941. The highest BCUT2D eigenvalue weighted by Gasteiger charge is 2.15. The quantitative estimate of drug-likeness (QED) is 0.0482. The van der Waals surface area contributed by atoms with Crippen molar-refractivity contribution < 1.29 is 28.6 Å². The summed E-state index contributed by atoms with van der Waals surface area (Å²) >= 11 is 0. The number of nitrogens with zero attached hydrogens (tertiary/aromatic N) is 1. The van der Waals surface area contributed by atoms with E-state index >= 15 is 0 Å². The Bertz CT molecular complexity index is 901. The molecule has 1 amide bonds. The number of esters is 2. The van der Waals surface area contributed by atoms with E-state index in [0.717, 1.165) is 110 Å². The molecular formula is C51H100N2O6. The molecule has 59 heavy (non-hydrogen) atoms. The van der Waals surface area contributed by atoms with Gasteiger partial charge in [0.05, 0.1) is 0 Å². The molecule has 0 aliphatic rings. The van der Waals surface area contributed by atoms with Gasteiger partial charge in [0.2, 0.25) is 5.91 Å². The van der Waals surface area contributed by atoms with E-state index in [-0.39, 0.29) is 36.7 Å². The normalized spacial score (nSPS) is 12.1. The Morgan fingerprint density at radius 1 is 0.441 bits per heavy atom. The van der Waals surface area contributed by atoms with Gasteiger partial charge in [-0.1, -0.05) is 169 Å². The highest BCUT2D eigenvalue weighted by Crippen LogP contribution is 2.19. The first-order chi connectivity index (χ1) is 28.9. The van der Waals surface area contributed by atoms with Gasteiger partial charge >= 0.3 is 11.9 Å². The molecule has 8 heteroatoms. The van der Waals surface area contributed by atoms with E-state index in [9.17, 15) is 14.4 Å². The lowest BCUT2D eigenvalue weighted by Gasteiger charge is -2.22. The molecule has 0 saturated heterocycles. The maximum absolute atomic E-state index is 12.8. The summed E-state index contributed by atoms with van der Waals surface area (Å²) in [5, 5.41) is 2.96. The van der Waals surface area contributed by atoms with Gasteiger partial charge in [-0.15, -0.1) is 0 Å². The summed E-state index contributed by atoms with van der Waals surface area (Å²) < 4.78 is 16.8. The Morgan fingerprint density at radius 3 is 1.22 bits per heavy atom. The van der Waals surface area contributed by atoms with Gasteiger partial charge in [0.1, 0.15) is 18.8 Å². The summed E-state index contributed by atoms with van der Waals surface area (Å²) in [7, 11) is 1.55. The van der Waals surface area contributed by atoms with Gasteiger partial charge in [0, 0.05) is 26.5 Å². The van der Waals surface area contributed by atoms with Crippen molar-refractivity contribution in [2.24, 2.45) is 0 Å². The van der Waals surface area contributed by atoms with Crippen molar-refractivity contribution in [1.82, 2.24) is 10.2 Å². The van der Waals surface area contributed by atoms with E-state index in [1.807, 2.05) is 0 Å². The minimum absolute atomic E-state index is 0.00915. The number of carbonyl (C=O) groups excluding carboxylic acids is 3. The summed E-state index contributed by atoms with van der Waals surface area (Å²) in [5.74, 6) is -0.0686. The van der Waals surface area contributed by atoms with Crippen LogP contribution in [0.4, 0.5) is 0 Å². The summed E-state index contributed by atoms with van der Waals surface area (Å²) in [6, 6.07) is 0. The molecule has 0 rings (SSSR count). The van der Waals surface area contributed by atoms with Crippen LogP contribution in [-0.2, 0) is 28.6 Å². The summed E-state index contributed by atoms with van der Waals surface area (Å²) in [6.45, 7) is 12.8. The Morgan fingerprint density at radius 2 is 0.797 bits per heavy atom. The Hall–Kier alpha value is -1.67. The van der Waals surface area contributed by atoms with Crippen LogP contribution in [0.25, 0.3) is 0 Å². The number of rotatable bonds is 47. The van der Waals surface area contributed by atoms with E-state index in [1.165, 1.54) is 128 Å². The van der Waals surface area contributed by atoms with E-state index in [0.29, 0.717) is 19.4 Å². The Balaban J connectivity index is 4.43. The van der Waals surface area contributed by atoms with E-state index in [2.05, 4.69) is 37.9 Å². The summed E-state index contributed by atoms with van der Waals surface area (Å²) in [4.78, 5) is 39.7. The maximum Gasteiger partial charge on any atom is 0.306 e. The molecule has 8 nitrogen and oxygen atoms in total. The first kappa shape index (κ1) is 57.3. The van der Waals surface area contributed by atoms with Crippen LogP contribution in [0.2, 0.25) is 0 Å². The van der Waals surface area contributed by atoms with Crippen molar-refractivity contribution in [2.45, 2.75) is 271 Å². The molecule has 0 aliphatic carbocycles.